The van der Waals surface area contributed by atoms with Crippen LogP contribution >= 0.6 is 0 Å². The van der Waals surface area contributed by atoms with Crippen LogP contribution in [0, 0.1) is 0 Å². The number of ketones is 1. The molecule has 1 aliphatic rings. The molecule has 1 aromatic rings. The fraction of sp³-hybridized carbons (Fsp3) is 0.357. The number of fused-ring (bicyclic) bond motifs is 1. The second-order valence-electron chi connectivity index (χ2n) is 4.06. The first-order chi connectivity index (χ1) is 8.20. The van der Waals surface area contributed by atoms with E-state index in [1.807, 2.05) is 6.92 Å². The number of ether oxygens (including phenoxy) is 2. The van der Waals surface area contributed by atoms with Crippen LogP contribution in [0.25, 0.3) is 0 Å². The highest BCUT2D eigenvalue weighted by atomic mass is 16.6. The van der Waals surface area contributed by atoms with E-state index >= 15 is 0 Å². The molecule has 17 heavy (non-hydrogen) atoms. The third-order valence-corrected chi connectivity index (χ3v) is 2.77. The molecule has 0 amide bonds. The standard InChI is InChI=1S/C14H16O3/c1-3-10(2)8-12(15)11-4-5-13-14(9-11)17-7-6-16-13/h4-5,9H,2-3,6-8H2,1H3. The number of allylic oxidation sites excluding steroid dienone is 1. The van der Waals surface area contributed by atoms with Crippen LogP contribution in [-0.2, 0) is 0 Å². The third-order valence-electron chi connectivity index (χ3n) is 2.77. The summed E-state index contributed by atoms with van der Waals surface area (Å²) in [6.07, 6.45) is 1.23. The molecule has 3 heteroatoms. The lowest BCUT2D eigenvalue weighted by Crippen LogP contribution is -2.15. The van der Waals surface area contributed by atoms with Crippen molar-refractivity contribution >= 4 is 5.78 Å². The van der Waals surface area contributed by atoms with Crippen molar-refractivity contribution in [2.45, 2.75) is 19.8 Å². The van der Waals surface area contributed by atoms with Crippen molar-refractivity contribution in [2.75, 3.05) is 13.2 Å². The summed E-state index contributed by atoms with van der Waals surface area (Å²) in [5.74, 6) is 1.44. The Hall–Kier alpha value is -1.77. The molecule has 0 aliphatic carbocycles. The van der Waals surface area contributed by atoms with Gasteiger partial charge in [-0.3, -0.25) is 4.79 Å². The van der Waals surface area contributed by atoms with E-state index in [2.05, 4.69) is 6.58 Å². The Morgan fingerprint density at radius 2 is 2.00 bits per heavy atom. The van der Waals surface area contributed by atoms with Crippen LogP contribution in [0.1, 0.15) is 30.1 Å². The quantitative estimate of drug-likeness (QED) is 0.591. The molecule has 0 spiro atoms. The minimum absolute atomic E-state index is 0.0776. The number of benzene rings is 1. The van der Waals surface area contributed by atoms with Crippen molar-refractivity contribution in [2.24, 2.45) is 0 Å². The zero-order valence-electron chi connectivity index (χ0n) is 9.99. The topological polar surface area (TPSA) is 35.5 Å². The molecule has 0 radical (unpaired) electrons. The van der Waals surface area contributed by atoms with Gasteiger partial charge in [-0.25, -0.2) is 0 Å². The van der Waals surface area contributed by atoms with E-state index in [0.29, 0.717) is 36.7 Å². The SMILES string of the molecule is C=C(CC)CC(=O)c1ccc2c(c1)OCCO2. The fourth-order valence-corrected chi connectivity index (χ4v) is 1.67. The fourth-order valence-electron chi connectivity index (χ4n) is 1.67. The predicted molar refractivity (Wildman–Crippen MR) is 65.8 cm³/mol. The van der Waals surface area contributed by atoms with Crippen molar-refractivity contribution in [3.8, 4) is 11.5 Å². The lowest BCUT2D eigenvalue weighted by molar-refractivity contribution is 0.0991. The van der Waals surface area contributed by atoms with Gasteiger partial charge in [0.1, 0.15) is 13.2 Å². The molecule has 0 saturated carbocycles. The molecule has 0 bridgehead atoms. The number of carbonyl (C=O) groups excluding carboxylic acids is 1. The van der Waals surface area contributed by atoms with E-state index in [4.69, 9.17) is 9.47 Å². The summed E-state index contributed by atoms with van der Waals surface area (Å²) in [6.45, 7) is 6.95. The minimum atomic E-state index is 0.0776. The zero-order valence-corrected chi connectivity index (χ0v) is 9.99. The van der Waals surface area contributed by atoms with Gasteiger partial charge < -0.3 is 9.47 Å². The van der Waals surface area contributed by atoms with Crippen molar-refractivity contribution in [3.05, 3.63) is 35.9 Å². The van der Waals surface area contributed by atoms with Gasteiger partial charge in [0.25, 0.3) is 0 Å². The lowest BCUT2D eigenvalue weighted by atomic mass is 10.0. The molecular weight excluding hydrogens is 216 g/mol. The normalized spacial score (nSPS) is 13.2. The third kappa shape index (κ3) is 2.67. The second kappa shape index (κ2) is 5.04. The van der Waals surface area contributed by atoms with Gasteiger partial charge in [-0.05, 0) is 24.6 Å². The Morgan fingerprint density at radius 3 is 2.71 bits per heavy atom. The van der Waals surface area contributed by atoms with E-state index in [1.54, 1.807) is 18.2 Å². The molecule has 2 rings (SSSR count). The van der Waals surface area contributed by atoms with Crippen molar-refractivity contribution in [3.63, 3.8) is 0 Å². The Balaban J connectivity index is 2.16. The first-order valence-corrected chi connectivity index (χ1v) is 5.80. The zero-order chi connectivity index (χ0) is 12.3. The monoisotopic (exact) mass is 232 g/mol. The van der Waals surface area contributed by atoms with Crippen LogP contribution in [0.3, 0.4) is 0 Å². The van der Waals surface area contributed by atoms with Crippen molar-refractivity contribution in [1.29, 1.82) is 0 Å². The smallest absolute Gasteiger partial charge is 0.167 e. The van der Waals surface area contributed by atoms with Gasteiger partial charge in [0.15, 0.2) is 17.3 Å². The molecular formula is C14H16O3. The van der Waals surface area contributed by atoms with Gasteiger partial charge in [0.2, 0.25) is 0 Å². The van der Waals surface area contributed by atoms with Crippen LogP contribution in [0.15, 0.2) is 30.4 Å². The average molecular weight is 232 g/mol. The number of hydrogen-bond acceptors (Lipinski definition) is 3. The summed E-state index contributed by atoms with van der Waals surface area (Å²) in [4.78, 5) is 11.9. The van der Waals surface area contributed by atoms with E-state index in [1.165, 1.54) is 0 Å². The molecule has 0 fully saturated rings. The van der Waals surface area contributed by atoms with Gasteiger partial charge in [-0.2, -0.15) is 0 Å². The van der Waals surface area contributed by atoms with Crippen LogP contribution in [0.2, 0.25) is 0 Å². The Kier molecular flexibility index (Phi) is 3.47. The largest absolute Gasteiger partial charge is 0.486 e. The maximum Gasteiger partial charge on any atom is 0.167 e. The Labute approximate surface area is 101 Å². The molecule has 3 nitrogen and oxygen atoms in total. The summed E-state index contributed by atoms with van der Waals surface area (Å²) >= 11 is 0. The van der Waals surface area contributed by atoms with E-state index in [9.17, 15) is 4.79 Å². The summed E-state index contributed by atoms with van der Waals surface area (Å²) in [6, 6.07) is 5.31. The molecule has 1 heterocycles. The molecule has 0 aromatic heterocycles. The molecule has 0 atom stereocenters. The van der Waals surface area contributed by atoms with Crippen molar-refractivity contribution in [1.82, 2.24) is 0 Å². The molecule has 1 aliphatic heterocycles. The van der Waals surface area contributed by atoms with E-state index in [-0.39, 0.29) is 5.78 Å². The second-order valence-corrected chi connectivity index (χ2v) is 4.06. The summed E-state index contributed by atoms with van der Waals surface area (Å²) < 4.78 is 10.9. The van der Waals surface area contributed by atoms with Gasteiger partial charge >= 0.3 is 0 Å². The number of Topliss-reactive ketones (excluding diaryl/α,β-unsaturated/α-hetero) is 1. The maximum atomic E-state index is 11.9. The molecule has 0 N–H and O–H groups in total. The first-order valence-electron chi connectivity index (χ1n) is 5.80. The van der Waals surface area contributed by atoms with Crippen LogP contribution < -0.4 is 9.47 Å². The molecule has 0 unspecified atom stereocenters. The number of rotatable bonds is 4. The van der Waals surface area contributed by atoms with Crippen molar-refractivity contribution < 1.29 is 14.3 Å². The Morgan fingerprint density at radius 1 is 1.29 bits per heavy atom. The van der Waals surface area contributed by atoms with Gasteiger partial charge in [0.05, 0.1) is 0 Å². The summed E-state index contributed by atoms with van der Waals surface area (Å²) in [5, 5.41) is 0. The molecule has 1 aromatic carbocycles. The van der Waals surface area contributed by atoms with Gasteiger partial charge in [-0.1, -0.05) is 19.1 Å². The molecule has 0 saturated heterocycles. The van der Waals surface area contributed by atoms with Crippen LogP contribution in [0.4, 0.5) is 0 Å². The molecule has 90 valence electrons. The maximum absolute atomic E-state index is 11.9. The van der Waals surface area contributed by atoms with E-state index < -0.39 is 0 Å². The number of hydrogen-bond donors (Lipinski definition) is 0. The first kappa shape index (κ1) is 11.7. The van der Waals surface area contributed by atoms with E-state index in [0.717, 1.165) is 12.0 Å². The van der Waals surface area contributed by atoms with Crippen LogP contribution in [-0.4, -0.2) is 19.0 Å². The van der Waals surface area contributed by atoms with Gasteiger partial charge in [0, 0.05) is 12.0 Å². The number of carbonyl (C=O) groups is 1. The predicted octanol–water partition coefficient (Wildman–Crippen LogP) is 3.00. The summed E-state index contributed by atoms with van der Waals surface area (Å²) in [7, 11) is 0. The minimum Gasteiger partial charge on any atom is -0.486 e. The highest BCUT2D eigenvalue weighted by Crippen LogP contribution is 2.31. The highest BCUT2D eigenvalue weighted by Gasteiger charge is 2.15. The lowest BCUT2D eigenvalue weighted by Gasteiger charge is -2.18. The summed E-state index contributed by atoms with van der Waals surface area (Å²) in [5.41, 5.74) is 1.61. The van der Waals surface area contributed by atoms with Gasteiger partial charge in [-0.15, -0.1) is 0 Å². The Bertz CT molecular complexity index is 449. The highest BCUT2D eigenvalue weighted by molar-refractivity contribution is 5.98. The average Bonchev–Trinajstić information content (AvgIpc) is 2.38. The van der Waals surface area contributed by atoms with Crippen LogP contribution in [0.5, 0.6) is 11.5 Å².